The van der Waals surface area contributed by atoms with Gasteiger partial charge in [0.1, 0.15) is 5.75 Å². The molecule has 0 bridgehead atoms. The summed E-state index contributed by atoms with van der Waals surface area (Å²) in [6.45, 7) is 5.47. The number of carbonyl (C=O) groups is 1. The summed E-state index contributed by atoms with van der Waals surface area (Å²) >= 11 is 0. The smallest absolute Gasteiger partial charge is 0.335 e. The van der Waals surface area contributed by atoms with Crippen molar-refractivity contribution in [3.05, 3.63) is 64.8 Å². The maximum Gasteiger partial charge on any atom is 0.335 e. The van der Waals surface area contributed by atoms with Crippen LogP contribution in [-0.4, -0.2) is 34.6 Å². The first-order chi connectivity index (χ1) is 15.0. The van der Waals surface area contributed by atoms with E-state index in [1.54, 1.807) is 19.2 Å². The molecule has 2 heterocycles. The van der Waals surface area contributed by atoms with E-state index in [4.69, 9.17) is 4.74 Å². The SMILES string of the molecule is COc1cc(C)c2[nH]ccc2c1C(C)N1CC2CCCC2C1c1ccc(C(=O)O)cc1. The van der Waals surface area contributed by atoms with Crippen molar-refractivity contribution in [3.63, 3.8) is 0 Å². The lowest BCUT2D eigenvalue weighted by atomic mass is 9.88. The molecule has 0 amide bonds. The van der Waals surface area contributed by atoms with Gasteiger partial charge in [-0.15, -0.1) is 0 Å². The van der Waals surface area contributed by atoms with Crippen molar-refractivity contribution in [2.75, 3.05) is 13.7 Å². The Morgan fingerprint density at radius 3 is 2.71 bits per heavy atom. The highest BCUT2D eigenvalue weighted by Gasteiger charge is 2.46. The summed E-state index contributed by atoms with van der Waals surface area (Å²) in [4.78, 5) is 17.4. The molecule has 2 aliphatic rings. The number of aromatic amines is 1. The number of methoxy groups -OCH3 is 1. The van der Waals surface area contributed by atoms with E-state index < -0.39 is 5.97 Å². The molecule has 4 unspecified atom stereocenters. The van der Waals surface area contributed by atoms with Crippen molar-refractivity contribution >= 4 is 16.9 Å². The predicted octanol–water partition coefficient (Wildman–Crippen LogP) is 5.72. The van der Waals surface area contributed by atoms with Crippen molar-refractivity contribution in [3.8, 4) is 5.75 Å². The average molecular weight is 419 g/mol. The molecule has 3 aromatic rings. The molecule has 31 heavy (non-hydrogen) atoms. The Hall–Kier alpha value is -2.79. The van der Waals surface area contributed by atoms with Crippen LogP contribution in [0.15, 0.2) is 42.6 Å². The Morgan fingerprint density at radius 2 is 2.00 bits per heavy atom. The number of carboxylic acid groups (broad SMARTS) is 1. The molecule has 2 fully saturated rings. The third-order valence-corrected chi connectivity index (χ3v) is 7.60. The third kappa shape index (κ3) is 3.23. The number of hydrogen-bond donors (Lipinski definition) is 2. The molecule has 1 saturated heterocycles. The lowest BCUT2D eigenvalue weighted by Gasteiger charge is -2.34. The molecule has 0 radical (unpaired) electrons. The summed E-state index contributed by atoms with van der Waals surface area (Å²) in [7, 11) is 1.75. The summed E-state index contributed by atoms with van der Waals surface area (Å²) in [5.74, 6) is 1.39. The Morgan fingerprint density at radius 1 is 1.23 bits per heavy atom. The van der Waals surface area contributed by atoms with Gasteiger partial charge in [0.2, 0.25) is 0 Å². The highest BCUT2D eigenvalue weighted by Crippen LogP contribution is 2.53. The van der Waals surface area contributed by atoms with Crippen LogP contribution in [0.4, 0.5) is 0 Å². The highest BCUT2D eigenvalue weighted by molar-refractivity contribution is 5.89. The number of fused-ring (bicyclic) bond motifs is 2. The van der Waals surface area contributed by atoms with E-state index in [-0.39, 0.29) is 6.04 Å². The van der Waals surface area contributed by atoms with Crippen LogP contribution < -0.4 is 4.74 Å². The van der Waals surface area contributed by atoms with E-state index in [0.29, 0.717) is 23.4 Å². The molecule has 1 aromatic heterocycles. The first-order valence-electron chi connectivity index (χ1n) is 11.2. The number of aromatic nitrogens is 1. The fourth-order valence-electron chi connectivity index (χ4n) is 6.16. The predicted molar refractivity (Wildman–Crippen MR) is 122 cm³/mol. The molecule has 2 N–H and O–H groups in total. The van der Waals surface area contributed by atoms with Crippen LogP contribution in [0.2, 0.25) is 0 Å². The lowest BCUT2D eigenvalue weighted by molar-refractivity contribution is 0.0696. The number of aryl methyl sites for hydroxylation is 1. The van der Waals surface area contributed by atoms with Crippen LogP contribution in [0, 0.1) is 18.8 Å². The minimum Gasteiger partial charge on any atom is -0.496 e. The van der Waals surface area contributed by atoms with Gasteiger partial charge < -0.3 is 14.8 Å². The van der Waals surface area contributed by atoms with E-state index in [2.05, 4.69) is 35.9 Å². The van der Waals surface area contributed by atoms with Crippen LogP contribution in [-0.2, 0) is 0 Å². The zero-order valence-electron chi connectivity index (χ0n) is 18.4. The molecule has 5 heteroatoms. The summed E-state index contributed by atoms with van der Waals surface area (Å²) in [6, 6.07) is 12.3. The van der Waals surface area contributed by atoms with Crippen LogP contribution in [0.25, 0.3) is 10.9 Å². The molecular weight excluding hydrogens is 388 g/mol. The van der Waals surface area contributed by atoms with E-state index in [9.17, 15) is 9.90 Å². The fraction of sp³-hybridized carbons (Fsp3) is 0.423. The molecule has 162 valence electrons. The van der Waals surface area contributed by atoms with Crippen LogP contribution in [0.3, 0.4) is 0 Å². The molecule has 1 aliphatic heterocycles. The van der Waals surface area contributed by atoms with Gasteiger partial charge in [-0.1, -0.05) is 18.6 Å². The van der Waals surface area contributed by atoms with Gasteiger partial charge in [0, 0.05) is 41.3 Å². The van der Waals surface area contributed by atoms with Crippen molar-refractivity contribution < 1.29 is 14.6 Å². The number of aromatic carboxylic acids is 1. The van der Waals surface area contributed by atoms with Crippen LogP contribution >= 0.6 is 0 Å². The van der Waals surface area contributed by atoms with Crippen molar-refractivity contribution in [1.82, 2.24) is 9.88 Å². The van der Waals surface area contributed by atoms with Crippen LogP contribution in [0.1, 0.15) is 65.3 Å². The summed E-state index contributed by atoms with van der Waals surface area (Å²) in [5.41, 5.74) is 5.16. The summed E-state index contributed by atoms with van der Waals surface area (Å²) < 4.78 is 5.86. The monoisotopic (exact) mass is 418 g/mol. The number of benzene rings is 2. The van der Waals surface area contributed by atoms with Crippen molar-refractivity contribution in [2.45, 2.75) is 45.2 Å². The molecule has 5 nitrogen and oxygen atoms in total. The Balaban J connectivity index is 1.58. The second kappa shape index (κ2) is 7.72. The Labute approximate surface area is 183 Å². The van der Waals surface area contributed by atoms with E-state index >= 15 is 0 Å². The third-order valence-electron chi connectivity index (χ3n) is 7.60. The number of hydrogen-bond acceptors (Lipinski definition) is 3. The topological polar surface area (TPSA) is 65.6 Å². The number of nitrogens with zero attached hydrogens (tertiary/aromatic N) is 1. The minimum absolute atomic E-state index is 0.184. The molecule has 5 rings (SSSR count). The van der Waals surface area contributed by atoms with Crippen LogP contribution in [0.5, 0.6) is 5.75 Å². The molecule has 2 aromatic carbocycles. The number of ether oxygens (including phenoxy) is 1. The second-order valence-corrected chi connectivity index (χ2v) is 9.18. The highest BCUT2D eigenvalue weighted by atomic mass is 16.5. The zero-order chi connectivity index (χ0) is 21.7. The second-order valence-electron chi connectivity index (χ2n) is 9.18. The zero-order valence-corrected chi connectivity index (χ0v) is 18.4. The summed E-state index contributed by atoms with van der Waals surface area (Å²) in [5, 5.41) is 10.5. The average Bonchev–Trinajstić information content (AvgIpc) is 3.49. The molecule has 1 aliphatic carbocycles. The van der Waals surface area contributed by atoms with E-state index in [1.807, 2.05) is 18.3 Å². The van der Waals surface area contributed by atoms with Gasteiger partial charge in [-0.05, 0) is 73.9 Å². The number of carboxylic acids is 1. The minimum atomic E-state index is -0.874. The van der Waals surface area contributed by atoms with Gasteiger partial charge in [-0.3, -0.25) is 4.90 Å². The lowest BCUT2D eigenvalue weighted by Crippen LogP contribution is -2.29. The van der Waals surface area contributed by atoms with E-state index in [1.165, 1.54) is 46.9 Å². The summed E-state index contributed by atoms with van der Waals surface area (Å²) in [6.07, 6.45) is 5.82. The quantitative estimate of drug-likeness (QED) is 0.556. The van der Waals surface area contributed by atoms with Gasteiger partial charge in [0.15, 0.2) is 0 Å². The molecular formula is C26H30N2O3. The first kappa shape index (κ1) is 20.1. The fourth-order valence-corrected chi connectivity index (χ4v) is 6.16. The maximum absolute atomic E-state index is 11.3. The van der Waals surface area contributed by atoms with Gasteiger partial charge in [0.05, 0.1) is 12.7 Å². The molecule has 1 saturated carbocycles. The maximum atomic E-state index is 11.3. The van der Waals surface area contributed by atoms with Gasteiger partial charge >= 0.3 is 5.97 Å². The number of H-pyrrole nitrogens is 1. The number of likely N-dealkylation sites (tertiary alicyclic amines) is 1. The Bertz CT molecular complexity index is 1120. The first-order valence-corrected chi connectivity index (χ1v) is 11.2. The largest absolute Gasteiger partial charge is 0.496 e. The normalized spacial score (nSPS) is 24.4. The standard InChI is InChI=1S/C26H30N2O3/c1-15-13-22(31-3)23(21-11-12-27-24(15)21)16(2)28-14-19-5-4-6-20(19)25(28)17-7-9-18(10-8-17)26(29)30/h7-13,16,19-20,25,27H,4-6,14H2,1-3H3,(H,29,30). The molecule has 4 atom stereocenters. The Kier molecular flexibility index (Phi) is 5.01. The van der Waals surface area contributed by atoms with Gasteiger partial charge in [0.25, 0.3) is 0 Å². The van der Waals surface area contributed by atoms with Gasteiger partial charge in [-0.25, -0.2) is 4.79 Å². The number of nitrogens with one attached hydrogen (secondary N) is 1. The van der Waals surface area contributed by atoms with Crippen molar-refractivity contribution in [2.24, 2.45) is 11.8 Å². The molecule has 0 spiro atoms. The number of rotatable bonds is 5. The van der Waals surface area contributed by atoms with Gasteiger partial charge in [-0.2, -0.15) is 0 Å². The van der Waals surface area contributed by atoms with Crippen molar-refractivity contribution in [1.29, 1.82) is 0 Å². The van der Waals surface area contributed by atoms with E-state index in [0.717, 1.165) is 12.3 Å².